The maximum Gasteiger partial charge on any atom is 0.254 e. The Kier molecular flexibility index (Phi) is 3.58. The zero-order valence-corrected chi connectivity index (χ0v) is 13.6. The van der Waals surface area contributed by atoms with E-state index in [0.29, 0.717) is 11.8 Å². The van der Waals surface area contributed by atoms with Gasteiger partial charge in [0.1, 0.15) is 5.82 Å². The molecule has 1 aromatic carbocycles. The zero-order chi connectivity index (χ0) is 15.8. The van der Waals surface area contributed by atoms with E-state index in [1.54, 1.807) is 0 Å². The van der Waals surface area contributed by atoms with E-state index in [4.69, 9.17) is 0 Å². The van der Waals surface area contributed by atoms with Gasteiger partial charge in [0.25, 0.3) is 5.78 Å². The summed E-state index contributed by atoms with van der Waals surface area (Å²) in [6.07, 6.45) is 6.57. The Morgan fingerprint density at radius 3 is 2.48 bits per heavy atom. The van der Waals surface area contributed by atoms with Crippen LogP contribution in [0.15, 0.2) is 36.7 Å². The number of nitrogens with zero attached hydrogens (tertiary/aromatic N) is 5. The fraction of sp³-hybridized carbons (Fsp3) is 0.389. The molecule has 0 amide bonds. The van der Waals surface area contributed by atoms with Gasteiger partial charge >= 0.3 is 0 Å². The van der Waals surface area contributed by atoms with Gasteiger partial charge in [0, 0.05) is 24.0 Å². The van der Waals surface area contributed by atoms with E-state index >= 15 is 0 Å². The number of fused-ring (bicyclic) bond motifs is 1. The predicted molar refractivity (Wildman–Crippen MR) is 90.2 cm³/mol. The molecule has 3 heterocycles. The summed E-state index contributed by atoms with van der Waals surface area (Å²) in [6, 6.07) is 9.34. The first kappa shape index (κ1) is 14.3. The highest BCUT2D eigenvalue weighted by Gasteiger charge is 2.19. The average molecular weight is 307 g/mol. The third-order valence-electron chi connectivity index (χ3n) is 4.85. The molecule has 0 unspecified atom stereocenters. The van der Waals surface area contributed by atoms with Crippen LogP contribution in [0.25, 0.3) is 16.9 Å². The maximum atomic E-state index is 4.38. The van der Waals surface area contributed by atoms with Gasteiger partial charge in [-0.25, -0.2) is 4.98 Å². The van der Waals surface area contributed by atoms with Crippen LogP contribution >= 0.6 is 0 Å². The molecule has 5 nitrogen and oxygen atoms in total. The van der Waals surface area contributed by atoms with Crippen LogP contribution in [0.5, 0.6) is 0 Å². The largest absolute Gasteiger partial charge is 0.297 e. The molecular formula is C18H21N5. The first-order valence-corrected chi connectivity index (χ1v) is 8.24. The van der Waals surface area contributed by atoms with Crippen LogP contribution in [-0.4, -0.2) is 37.6 Å². The molecule has 4 rings (SSSR count). The molecular weight excluding hydrogens is 286 g/mol. The lowest BCUT2D eigenvalue weighted by molar-refractivity contribution is 0.263. The van der Waals surface area contributed by atoms with Gasteiger partial charge in [0.2, 0.25) is 0 Å². The Hall–Kier alpha value is -2.27. The van der Waals surface area contributed by atoms with E-state index < -0.39 is 0 Å². The minimum Gasteiger partial charge on any atom is -0.297 e. The quantitative estimate of drug-likeness (QED) is 0.745. The van der Waals surface area contributed by atoms with Crippen molar-refractivity contribution >= 4 is 5.78 Å². The molecule has 0 saturated carbocycles. The fourth-order valence-corrected chi connectivity index (χ4v) is 3.34. The molecule has 23 heavy (non-hydrogen) atoms. The molecule has 1 fully saturated rings. The van der Waals surface area contributed by atoms with Crippen molar-refractivity contribution in [2.45, 2.75) is 32.7 Å². The second kappa shape index (κ2) is 5.74. The first-order chi connectivity index (χ1) is 11.2. The van der Waals surface area contributed by atoms with Gasteiger partial charge in [0.05, 0.1) is 0 Å². The molecule has 2 aromatic heterocycles. The van der Waals surface area contributed by atoms with Crippen molar-refractivity contribution in [3.05, 3.63) is 48.0 Å². The van der Waals surface area contributed by atoms with Crippen LogP contribution in [-0.2, 0) is 0 Å². The lowest BCUT2D eigenvalue weighted by atomic mass is 10.0. The molecule has 1 atom stereocenters. The topological polar surface area (TPSA) is 46.3 Å². The average Bonchev–Trinajstić information content (AvgIpc) is 3.25. The number of hydrogen-bond donors (Lipinski definition) is 0. The van der Waals surface area contributed by atoms with E-state index in [1.807, 2.05) is 17.5 Å². The molecule has 0 spiro atoms. The summed E-state index contributed by atoms with van der Waals surface area (Å²) in [5.41, 5.74) is 3.64. The van der Waals surface area contributed by atoms with Crippen molar-refractivity contribution in [2.75, 3.05) is 13.1 Å². The molecule has 118 valence electrons. The summed E-state index contributed by atoms with van der Waals surface area (Å²) >= 11 is 0. The second-order valence-electron chi connectivity index (χ2n) is 6.30. The van der Waals surface area contributed by atoms with Crippen LogP contribution in [0.1, 0.15) is 37.2 Å². The van der Waals surface area contributed by atoms with Crippen LogP contribution in [0.4, 0.5) is 0 Å². The molecule has 0 bridgehead atoms. The van der Waals surface area contributed by atoms with Gasteiger partial charge in [-0.05, 0) is 50.9 Å². The monoisotopic (exact) mass is 307 g/mol. The van der Waals surface area contributed by atoms with Crippen LogP contribution < -0.4 is 0 Å². The minimum absolute atomic E-state index is 0.493. The summed E-state index contributed by atoms with van der Waals surface area (Å²) in [4.78, 5) is 6.94. The number of aromatic nitrogens is 4. The Bertz CT molecular complexity index is 815. The van der Waals surface area contributed by atoms with Gasteiger partial charge in [-0.2, -0.15) is 0 Å². The van der Waals surface area contributed by atoms with Gasteiger partial charge in [-0.15, -0.1) is 10.2 Å². The number of likely N-dealkylation sites (tertiary alicyclic amines) is 1. The summed E-state index contributed by atoms with van der Waals surface area (Å²) in [5.74, 6) is 1.50. The second-order valence-corrected chi connectivity index (χ2v) is 6.30. The van der Waals surface area contributed by atoms with Crippen molar-refractivity contribution in [3.63, 3.8) is 0 Å². The maximum absolute atomic E-state index is 4.38. The van der Waals surface area contributed by atoms with Gasteiger partial charge < -0.3 is 0 Å². The van der Waals surface area contributed by atoms with Gasteiger partial charge in [-0.1, -0.05) is 24.3 Å². The summed E-state index contributed by atoms with van der Waals surface area (Å²) in [6.45, 7) is 6.67. The molecule has 0 N–H and O–H groups in total. The highest BCUT2D eigenvalue weighted by molar-refractivity contribution is 5.63. The lowest BCUT2D eigenvalue weighted by Gasteiger charge is -2.24. The van der Waals surface area contributed by atoms with Crippen LogP contribution in [0.3, 0.4) is 0 Å². The van der Waals surface area contributed by atoms with Crippen LogP contribution in [0, 0.1) is 6.92 Å². The lowest BCUT2D eigenvalue weighted by Crippen LogP contribution is -2.23. The summed E-state index contributed by atoms with van der Waals surface area (Å²) < 4.78 is 1.93. The zero-order valence-electron chi connectivity index (χ0n) is 13.6. The van der Waals surface area contributed by atoms with E-state index in [9.17, 15) is 0 Å². The molecule has 0 aliphatic carbocycles. The molecule has 1 aliphatic heterocycles. The Balaban J connectivity index is 1.62. The Morgan fingerprint density at radius 2 is 1.74 bits per heavy atom. The van der Waals surface area contributed by atoms with Crippen molar-refractivity contribution in [1.82, 2.24) is 24.5 Å². The van der Waals surface area contributed by atoms with E-state index in [0.717, 1.165) is 11.4 Å². The smallest absolute Gasteiger partial charge is 0.254 e. The molecule has 0 radical (unpaired) electrons. The fourth-order valence-electron chi connectivity index (χ4n) is 3.34. The van der Waals surface area contributed by atoms with Crippen molar-refractivity contribution in [2.24, 2.45) is 0 Å². The number of hydrogen-bond acceptors (Lipinski definition) is 4. The van der Waals surface area contributed by atoms with Crippen LogP contribution in [0.2, 0.25) is 0 Å². The van der Waals surface area contributed by atoms with E-state index in [-0.39, 0.29) is 0 Å². The SMILES string of the molecule is Cc1nnc2ncc(-c3ccc([C@H](C)N4CCCC4)cc3)cn12. The number of rotatable bonds is 3. The minimum atomic E-state index is 0.493. The standard InChI is InChI=1S/C18H21N5/c1-13(22-9-3-4-10-22)15-5-7-16(8-6-15)17-11-19-18-21-20-14(2)23(18)12-17/h5-8,11-13H,3-4,9-10H2,1-2H3/t13-/m0/s1. The highest BCUT2D eigenvalue weighted by Crippen LogP contribution is 2.27. The normalized spacial score (nSPS) is 17.0. The Labute approximate surface area is 136 Å². The third-order valence-corrected chi connectivity index (χ3v) is 4.85. The molecule has 5 heteroatoms. The molecule has 1 saturated heterocycles. The number of benzene rings is 1. The number of aryl methyl sites for hydroxylation is 1. The van der Waals surface area contributed by atoms with Crippen molar-refractivity contribution in [3.8, 4) is 11.1 Å². The van der Waals surface area contributed by atoms with Gasteiger partial charge in [0.15, 0.2) is 0 Å². The first-order valence-electron chi connectivity index (χ1n) is 8.24. The molecule has 3 aromatic rings. The summed E-state index contributed by atoms with van der Waals surface area (Å²) in [5, 5.41) is 8.09. The molecule has 1 aliphatic rings. The van der Waals surface area contributed by atoms with E-state index in [1.165, 1.54) is 37.1 Å². The third kappa shape index (κ3) is 2.61. The predicted octanol–water partition coefficient (Wildman–Crippen LogP) is 3.26. The van der Waals surface area contributed by atoms with Gasteiger partial charge in [-0.3, -0.25) is 9.30 Å². The van der Waals surface area contributed by atoms with E-state index in [2.05, 4.69) is 57.5 Å². The highest BCUT2D eigenvalue weighted by atomic mass is 15.3. The van der Waals surface area contributed by atoms with Crippen molar-refractivity contribution in [1.29, 1.82) is 0 Å². The Morgan fingerprint density at radius 1 is 1.00 bits per heavy atom. The van der Waals surface area contributed by atoms with Crippen molar-refractivity contribution < 1.29 is 0 Å². The summed E-state index contributed by atoms with van der Waals surface area (Å²) in [7, 11) is 0.